The number of carboxylic acids is 1. The fourth-order valence-electron chi connectivity index (χ4n) is 1.16. The Morgan fingerprint density at radius 3 is 3.08 bits per heavy atom. The van der Waals surface area contributed by atoms with Gasteiger partial charge >= 0.3 is 5.97 Å². The highest BCUT2D eigenvalue weighted by Crippen LogP contribution is 2.22. The van der Waals surface area contributed by atoms with Crippen molar-refractivity contribution in [3.63, 3.8) is 0 Å². The second-order valence-electron chi connectivity index (χ2n) is 2.61. The molecule has 2 aliphatic rings. The van der Waals surface area contributed by atoms with Crippen LogP contribution in [0, 0.1) is 0 Å². The second-order valence-corrected chi connectivity index (χ2v) is 3.47. The van der Waals surface area contributed by atoms with Crippen molar-refractivity contribution in [3.05, 3.63) is 22.5 Å². The van der Waals surface area contributed by atoms with Crippen LogP contribution in [0.3, 0.4) is 0 Å². The average Bonchev–Trinajstić information content (AvgIpc) is 2.47. The van der Waals surface area contributed by atoms with E-state index in [1.807, 2.05) is 0 Å². The molecule has 0 atom stereocenters. The van der Waals surface area contributed by atoms with Gasteiger partial charge in [0.05, 0.1) is 10.2 Å². The lowest BCUT2D eigenvalue weighted by Gasteiger charge is -2.07. The quantitative estimate of drug-likeness (QED) is 0.755. The molecule has 0 spiro atoms. The van der Waals surface area contributed by atoms with Gasteiger partial charge in [-0.25, -0.2) is 9.79 Å². The third kappa shape index (κ3) is 1.35. The van der Waals surface area contributed by atoms with E-state index in [1.54, 1.807) is 12.3 Å². The van der Waals surface area contributed by atoms with E-state index >= 15 is 0 Å². The summed E-state index contributed by atoms with van der Waals surface area (Å²) < 4.78 is 0.745. The van der Waals surface area contributed by atoms with Gasteiger partial charge in [0.2, 0.25) is 0 Å². The lowest BCUT2D eigenvalue weighted by atomic mass is 10.1. The van der Waals surface area contributed by atoms with Gasteiger partial charge in [-0.05, 0) is 22.0 Å². The Labute approximate surface area is 82.5 Å². The Morgan fingerprint density at radius 1 is 1.62 bits per heavy atom. The highest BCUT2D eigenvalue weighted by molar-refractivity contribution is 9.12. The van der Waals surface area contributed by atoms with Crippen molar-refractivity contribution >= 4 is 33.3 Å². The zero-order chi connectivity index (χ0) is 9.42. The minimum absolute atomic E-state index is 0.0844. The first-order chi connectivity index (χ1) is 6.18. The summed E-state index contributed by atoms with van der Waals surface area (Å²) >= 11 is 3.25. The number of hydrogen-bond donors (Lipinski definition) is 1. The van der Waals surface area contributed by atoms with Crippen molar-refractivity contribution in [2.45, 2.75) is 6.42 Å². The van der Waals surface area contributed by atoms with Gasteiger partial charge in [-0.3, -0.25) is 4.99 Å². The maximum Gasteiger partial charge on any atom is 0.354 e. The van der Waals surface area contributed by atoms with Crippen LogP contribution in [0.1, 0.15) is 6.42 Å². The molecule has 0 aromatic rings. The van der Waals surface area contributed by atoms with Gasteiger partial charge in [0.25, 0.3) is 0 Å². The van der Waals surface area contributed by atoms with Gasteiger partial charge in [-0.15, -0.1) is 0 Å². The first kappa shape index (κ1) is 8.37. The molecule has 4 nitrogen and oxygen atoms in total. The van der Waals surface area contributed by atoms with E-state index in [0.29, 0.717) is 12.1 Å². The highest BCUT2D eigenvalue weighted by Gasteiger charge is 2.22. The lowest BCUT2D eigenvalue weighted by Crippen LogP contribution is -2.16. The molecular formula is C8H5BrN2O2. The molecule has 0 saturated carbocycles. The Balaban J connectivity index is 2.39. The minimum Gasteiger partial charge on any atom is -0.477 e. The molecule has 0 aromatic carbocycles. The summed E-state index contributed by atoms with van der Waals surface area (Å²) in [6, 6.07) is 0. The zero-order valence-electron chi connectivity index (χ0n) is 6.49. The average molecular weight is 241 g/mol. The normalized spacial score (nSPS) is 19.8. The van der Waals surface area contributed by atoms with Gasteiger partial charge in [-0.1, -0.05) is 0 Å². The third-order valence-electron chi connectivity index (χ3n) is 1.77. The molecule has 2 rings (SSSR count). The summed E-state index contributed by atoms with van der Waals surface area (Å²) in [6.07, 6.45) is 3.73. The molecular weight excluding hydrogens is 236 g/mol. The number of aliphatic imine (C=N–C) groups is 2. The first-order valence-electron chi connectivity index (χ1n) is 3.63. The molecule has 0 fully saturated rings. The van der Waals surface area contributed by atoms with Crippen LogP contribution in [-0.4, -0.2) is 22.5 Å². The van der Waals surface area contributed by atoms with Crippen molar-refractivity contribution in [1.82, 2.24) is 0 Å². The first-order valence-corrected chi connectivity index (χ1v) is 4.43. The van der Waals surface area contributed by atoms with Crippen LogP contribution < -0.4 is 0 Å². The molecule has 0 saturated heterocycles. The second kappa shape index (κ2) is 2.92. The third-order valence-corrected chi connectivity index (χ3v) is 2.35. The topological polar surface area (TPSA) is 62.0 Å². The fraction of sp³-hybridized carbons (Fsp3) is 0.125. The van der Waals surface area contributed by atoms with Gasteiger partial charge in [0.15, 0.2) is 0 Å². The predicted molar refractivity (Wildman–Crippen MR) is 52.2 cm³/mol. The van der Waals surface area contributed by atoms with E-state index in [-0.39, 0.29) is 5.70 Å². The van der Waals surface area contributed by atoms with Gasteiger partial charge in [0.1, 0.15) is 11.4 Å². The molecule has 0 unspecified atom stereocenters. The van der Waals surface area contributed by atoms with Crippen LogP contribution in [-0.2, 0) is 4.79 Å². The van der Waals surface area contributed by atoms with Crippen LogP contribution in [0.2, 0.25) is 0 Å². The molecule has 0 radical (unpaired) electrons. The van der Waals surface area contributed by atoms with Crippen molar-refractivity contribution in [2.75, 3.05) is 0 Å². The zero-order valence-corrected chi connectivity index (χ0v) is 8.08. The van der Waals surface area contributed by atoms with Gasteiger partial charge in [-0.2, -0.15) is 0 Å². The van der Waals surface area contributed by atoms with Crippen molar-refractivity contribution in [3.8, 4) is 0 Å². The number of nitrogens with zero attached hydrogens (tertiary/aromatic N) is 2. The number of rotatable bonds is 1. The van der Waals surface area contributed by atoms with E-state index in [9.17, 15) is 4.79 Å². The molecule has 2 heterocycles. The summed E-state index contributed by atoms with van der Waals surface area (Å²) in [5.41, 5.74) is 1.54. The van der Waals surface area contributed by atoms with Crippen LogP contribution in [0.4, 0.5) is 0 Å². The molecule has 0 aromatic heterocycles. The smallest absolute Gasteiger partial charge is 0.354 e. The van der Waals surface area contributed by atoms with Gasteiger partial charge in [0, 0.05) is 12.6 Å². The van der Waals surface area contributed by atoms with Crippen LogP contribution in [0.15, 0.2) is 32.4 Å². The maximum atomic E-state index is 10.6. The highest BCUT2D eigenvalue weighted by atomic mass is 79.9. The minimum atomic E-state index is -1.00. The number of hydrogen-bond acceptors (Lipinski definition) is 3. The van der Waals surface area contributed by atoms with E-state index in [2.05, 4.69) is 25.9 Å². The molecule has 5 heteroatoms. The number of allylic oxidation sites excluding steroid dienone is 2. The lowest BCUT2D eigenvalue weighted by molar-refractivity contribution is -0.132. The maximum absolute atomic E-state index is 10.6. The van der Waals surface area contributed by atoms with Crippen molar-refractivity contribution in [1.29, 1.82) is 0 Å². The number of carbonyl (C=O) groups is 1. The summed E-state index contributed by atoms with van der Waals surface area (Å²) in [5, 5.41) is 8.69. The van der Waals surface area contributed by atoms with Crippen molar-refractivity contribution < 1.29 is 9.90 Å². The van der Waals surface area contributed by atoms with Crippen LogP contribution in [0.25, 0.3) is 0 Å². The summed E-state index contributed by atoms with van der Waals surface area (Å²) in [6.45, 7) is 0. The standard InChI is InChI=1S/C8H5BrN2O2/c9-4-3-10-5-1-2-6(8(12)13)11-7(4)5/h2-3H,1H2,(H,12,13). The summed E-state index contributed by atoms with van der Waals surface area (Å²) in [7, 11) is 0. The van der Waals surface area contributed by atoms with E-state index in [1.165, 1.54) is 0 Å². The largest absolute Gasteiger partial charge is 0.477 e. The van der Waals surface area contributed by atoms with E-state index in [4.69, 9.17) is 5.11 Å². The van der Waals surface area contributed by atoms with E-state index < -0.39 is 5.97 Å². The monoisotopic (exact) mass is 240 g/mol. The Hall–Kier alpha value is -1.23. The van der Waals surface area contributed by atoms with Crippen LogP contribution in [0.5, 0.6) is 0 Å². The molecule has 13 heavy (non-hydrogen) atoms. The number of carboxylic acid groups (broad SMARTS) is 1. The van der Waals surface area contributed by atoms with Gasteiger partial charge < -0.3 is 5.11 Å². The summed E-state index contributed by atoms with van der Waals surface area (Å²) in [4.78, 5) is 18.6. The Kier molecular flexibility index (Phi) is 1.88. The SMILES string of the molecule is O=C(O)C1=CCC2=NC=C(Br)C2=N1. The Bertz CT molecular complexity index is 404. The number of aliphatic carboxylic acids is 1. The van der Waals surface area contributed by atoms with Crippen LogP contribution >= 0.6 is 15.9 Å². The molecule has 0 bridgehead atoms. The molecule has 2 aliphatic heterocycles. The molecule has 1 N–H and O–H groups in total. The predicted octanol–water partition coefficient (Wildman–Crippen LogP) is 1.49. The van der Waals surface area contributed by atoms with E-state index in [0.717, 1.165) is 10.2 Å². The number of halogens is 1. The molecule has 0 amide bonds. The van der Waals surface area contributed by atoms with Crippen molar-refractivity contribution in [2.24, 2.45) is 9.98 Å². The number of fused-ring (bicyclic) bond motifs is 1. The fourth-order valence-corrected chi connectivity index (χ4v) is 1.58. The summed E-state index contributed by atoms with van der Waals surface area (Å²) in [5.74, 6) is -1.00. The molecule has 66 valence electrons. The molecule has 0 aliphatic carbocycles. The Morgan fingerprint density at radius 2 is 2.38 bits per heavy atom.